The molecule has 7 heteroatoms. The van der Waals surface area contributed by atoms with Gasteiger partial charge < -0.3 is 19.1 Å². The number of hydrogen-bond donors (Lipinski definition) is 0. The summed E-state index contributed by atoms with van der Waals surface area (Å²) in [7, 11) is 0. The molecule has 0 spiro atoms. The molecule has 0 saturated carbocycles. The number of carbonyl (C=O) groups is 1. The highest BCUT2D eigenvalue weighted by molar-refractivity contribution is 5.94. The molecule has 5 rings (SSSR count). The summed E-state index contributed by atoms with van der Waals surface area (Å²) in [5.41, 5.74) is 2.56. The minimum absolute atomic E-state index is 0.0593. The summed E-state index contributed by atoms with van der Waals surface area (Å²) >= 11 is 0. The zero-order valence-electron chi connectivity index (χ0n) is 18.6. The molecule has 1 amide bonds. The van der Waals surface area contributed by atoms with E-state index in [9.17, 15) is 9.18 Å². The van der Waals surface area contributed by atoms with Crippen molar-refractivity contribution >= 4 is 11.8 Å². The molecule has 2 fully saturated rings. The van der Waals surface area contributed by atoms with Gasteiger partial charge in [0.25, 0.3) is 5.91 Å². The molecule has 0 bridgehead atoms. The number of rotatable bonds is 7. The van der Waals surface area contributed by atoms with Crippen LogP contribution in [0.3, 0.4) is 0 Å². The molecular formula is C26H28FN3O3. The molecule has 1 unspecified atom stereocenters. The molecule has 33 heavy (non-hydrogen) atoms. The fourth-order valence-corrected chi connectivity index (χ4v) is 4.68. The molecule has 1 atom stereocenters. The van der Waals surface area contributed by atoms with Crippen molar-refractivity contribution in [1.29, 1.82) is 0 Å². The first-order valence-corrected chi connectivity index (χ1v) is 11.6. The maximum atomic E-state index is 14.5. The fraction of sp³-hybridized carbons (Fsp3) is 0.385. The molecule has 2 aromatic carbocycles. The molecule has 0 radical (unpaired) electrons. The van der Waals surface area contributed by atoms with Crippen molar-refractivity contribution < 1.29 is 18.4 Å². The molecule has 1 aromatic heterocycles. The van der Waals surface area contributed by atoms with Crippen molar-refractivity contribution in [3.8, 4) is 11.3 Å². The van der Waals surface area contributed by atoms with E-state index in [-0.39, 0.29) is 24.1 Å². The van der Waals surface area contributed by atoms with E-state index in [0.29, 0.717) is 19.0 Å². The number of carbonyl (C=O) groups excluding carboxylic acids is 1. The summed E-state index contributed by atoms with van der Waals surface area (Å²) in [6, 6.07) is 16.0. The summed E-state index contributed by atoms with van der Waals surface area (Å²) in [4.78, 5) is 17.4. The van der Waals surface area contributed by atoms with Gasteiger partial charge in [0.05, 0.1) is 23.8 Å². The van der Waals surface area contributed by atoms with Crippen LogP contribution in [0.25, 0.3) is 11.3 Å². The monoisotopic (exact) mass is 449 g/mol. The first-order chi connectivity index (χ1) is 16.2. The lowest BCUT2D eigenvalue weighted by molar-refractivity contribution is 0.0504. The summed E-state index contributed by atoms with van der Waals surface area (Å²) < 4.78 is 26.2. The van der Waals surface area contributed by atoms with Crippen molar-refractivity contribution in [3.63, 3.8) is 0 Å². The van der Waals surface area contributed by atoms with Crippen molar-refractivity contribution in [2.75, 3.05) is 31.1 Å². The number of halogens is 1. The molecule has 2 aliphatic heterocycles. The van der Waals surface area contributed by atoms with Gasteiger partial charge in [-0.25, -0.2) is 4.39 Å². The van der Waals surface area contributed by atoms with E-state index in [0.717, 1.165) is 55.6 Å². The second-order valence-corrected chi connectivity index (χ2v) is 8.68. The van der Waals surface area contributed by atoms with Crippen molar-refractivity contribution in [2.24, 2.45) is 0 Å². The zero-order valence-corrected chi connectivity index (χ0v) is 18.6. The number of benzene rings is 2. The van der Waals surface area contributed by atoms with Crippen LogP contribution >= 0.6 is 0 Å². The quantitative estimate of drug-likeness (QED) is 0.513. The van der Waals surface area contributed by atoms with Crippen LogP contribution in [0.1, 0.15) is 41.6 Å². The third-order valence-corrected chi connectivity index (χ3v) is 6.40. The Labute approximate surface area is 192 Å². The van der Waals surface area contributed by atoms with Gasteiger partial charge in [-0.15, -0.1) is 0 Å². The first-order valence-electron chi connectivity index (χ1n) is 11.6. The number of aromatic nitrogens is 1. The Morgan fingerprint density at radius 2 is 1.82 bits per heavy atom. The number of amides is 1. The largest absolute Gasteiger partial charge is 0.376 e. The first kappa shape index (κ1) is 21.6. The van der Waals surface area contributed by atoms with E-state index in [1.54, 1.807) is 17.0 Å². The average Bonchev–Trinajstić information content (AvgIpc) is 3.61. The molecule has 3 aromatic rings. The topological polar surface area (TPSA) is 58.8 Å². The lowest BCUT2D eigenvalue weighted by Crippen LogP contribution is -2.37. The van der Waals surface area contributed by atoms with E-state index in [2.05, 4.69) is 10.1 Å². The Kier molecular flexibility index (Phi) is 6.39. The van der Waals surface area contributed by atoms with Gasteiger partial charge in [-0.1, -0.05) is 47.6 Å². The molecule has 172 valence electrons. The third kappa shape index (κ3) is 4.64. The minimum atomic E-state index is -0.520. The van der Waals surface area contributed by atoms with Crippen LogP contribution in [-0.2, 0) is 11.3 Å². The van der Waals surface area contributed by atoms with Crippen LogP contribution in [0, 0.1) is 5.82 Å². The lowest BCUT2D eigenvalue weighted by atomic mass is 10.1. The van der Waals surface area contributed by atoms with E-state index in [1.807, 2.05) is 30.3 Å². The Morgan fingerprint density at radius 1 is 1.06 bits per heavy atom. The molecular weight excluding hydrogens is 421 g/mol. The van der Waals surface area contributed by atoms with Crippen molar-refractivity contribution in [1.82, 2.24) is 10.1 Å². The molecule has 3 heterocycles. The highest BCUT2D eigenvalue weighted by atomic mass is 19.1. The van der Waals surface area contributed by atoms with Gasteiger partial charge in [-0.2, -0.15) is 0 Å². The number of hydrogen-bond acceptors (Lipinski definition) is 5. The van der Waals surface area contributed by atoms with Crippen LogP contribution in [0.2, 0.25) is 0 Å². The van der Waals surface area contributed by atoms with Gasteiger partial charge >= 0.3 is 0 Å². The van der Waals surface area contributed by atoms with Gasteiger partial charge in [0.15, 0.2) is 0 Å². The molecule has 6 nitrogen and oxygen atoms in total. The highest BCUT2D eigenvalue weighted by Crippen LogP contribution is 2.34. The van der Waals surface area contributed by atoms with E-state index >= 15 is 0 Å². The summed E-state index contributed by atoms with van der Waals surface area (Å²) in [5, 5.41) is 4.41. The molecule has 0 aliphatic carbocycles. The van der Waals surface area contributed by atoms with Gasteiger partial charge in [0.1, 0.15) is 11.5 Å². The molecule has 0 N–H and O–H groups in total. The van der Waals surface area contributed by atoms with Gasteiger partial charge in [0.2, 0.25) is 5.88 Å². The summed E-state index contributed by atoms with van der Waals surface area (Å²) in [6.07, 6.45) is 3.97. The van der Waals surface area contributed by atoms with E-state index in [1.165, 1.54) is 12.1 Å². The molecule has 2 aliphatic rings. The number of ether oxygens (including phenoxy) is 1. The van der Waals surface area contributed by atoms with Crippen LogP contribution in [0.5, 0.6) is 0 Å². The summed E-state index contributed by atoms with van der Waals surface area (Å²) in [5.74, 6) is -0.172. The predicted octanol–water partition coefficient (Wildman–Crippen LogP) is 4.90. The minimum Gasteiger partial charge on any atom is -0.376 e. The maximum Gasteiger partial charge on any atom is 0.257 e. The third-order valence-electron chi connectivity index (χ3n) is 6.40. The van der Waals surface area contributed by atoms with E-state index in [4.69, 9.17) is 9.26 Å². The maximum absolute atomic E-state index is 14.5. The van der Waals surface area contributed by atoms with Crippen molar-refractivity contribution in [3.05, 3.63) is 71.5 Å². The Balaban J connectivity index is 1.53. The van der Waals surface area contributed by atoms with Crippen LogP contribution in [0.4, 0.5) is 10.3 Å². The van der Waals surface area contributed by atoms with Crippen LogP contribution in [0.15, 0.2) is 59.1 Å². The average molecular weight is 450 g/mol. The van der Waals surface area contributed by atoms with Crippen LogP contribution in [-0.4, -0.2) is 48.3 Å². The van der Waals surface area contributed by atoms with Gasteiger partial charge in [-0.3, -0.25) is 4.79 Å². The number of anilines is 1. The second-order valence-electron chi connectivity index (χ2n) is 8.68. The fourth-order valence-electron chi connectivity index (χ4n) is 4.68. The normalized spacial score (nSPS) is 18.1. The summed E-state index contributed by atoms with van der Waals surface area (Å²) in [6.45, 7) is 3.14. The Morgan fingerprint density at radius 3 is 2.55 bits per heavy atom. The van der Waals surface area contributed by atoms with Gasteiger partial charge in [-0.05, 0) is 37.8 Å². The van der Waals surface area contributed by atoms with E-state index < -0.39 is 5.82 Å². The predicted molar refractivity (Wildman–Crippen MR) is 124 cm³/mol. The number of nitrogens with zero attached hydrogens (tertiary/aromatic N) is 3. The van der Waals surface area contributed by atoms with Crippen LogP contribution < -0.4 is 4.90 Å². The Bertz CT molecular complexity index is 1090. The zero-order chi connectivity index (χ0) is 22.6. The standard InChI is InChI=1S/C26H28FN3O3/c27-23-13-5-4-12-21(23)25(31)30(17-20-11-8-16-32-20)18-22-24(19-9-2-1-3-10-19)28-33-26(22)29-14-6-7-15-29/h1-5,9-10,12-13,20H,6-8,11,14-18H2. The highest BCUT2D eigenvalue weighted by Gasteiger charge is 2.30. The lowest BCUT2D eigenvalue weighted by Gasteiger charge is -2.27. The molecule has 2 saturated heterocycles. The Hall–Kier alpha value is -3.19. The van der Waals surface area contributed by atoms with Gasteiger partial charge in [0, 0.05) is 31.8 Å². The van der Waals surface area contributed by atoms with Crippen molar-refractivity contribution in [2.45, 2.75) is 38.3 Å². The SMILES string of the molecule is O=C(c1ccccc1F)N(Cc1c(-c2ccccc2)noc1N1CCCC1)CC1CCCO1. The smallest absolute Gasteiger partial charge is 0.257 e. The second kappa shape index (κ2) is 9.75.